The molecule has 0 amide bonds. The van der Waals surface area contributed by atoms with E-state index in [1.54, 1.807) is 17.4 Å². The number of thiazole rings is 1. The van der Waals surface area contributed by atoms with Gasteiger partial charge in [-0.15, -0.1) is 11.3 Å². The molecule has 3 aromatic rings. The molecule has 112 valence electrons. The van der Waals surface area contributed by atoms with E-state index in [0.29, 0.717) is 11.4 Å². The van der Waals surface area contributed by atoms with Gasteiger partial charge in [0.15, 0.2) is 0 Å². The first-order chi connectivity index (χ1) is 10.6. The Balaban J connectivity index is 1.75. The van der Waals surface area contributed by atoms with Crippen molar-refractivity contribution >= 4 is 17.0 Å². The van der Waals surface area contributed by atoms with Gasteiger partial charge in [0, 0.05) is 16.6 Å². The predicted octanol–water partition coefficient (Wildman–Crippen LogP) is 4.42. The fourth-order valence-electron chi connectivity index (χ4n) is 2.09. The number of nitrogens with two attached hydrogens (primary N) is 1. The summed E-state index contributed by atoms with van der Waals surface area (Å²) in [6, 6.07) is 11.9. The Labute approximate surface area is 132 Å². The second kappa shape index (κ2) is 6.15. The first kappa shape index (κ1) is 14.5. The van der Waals surface area contributed by atoms with E-state index in [1.165, 1.54) is 12.1 Å². The zero-order valence-corrected chi connectivity index (χ0v) is 12.9. The maximum atomic E-state index is 13.1. The van der Waals surface area contributed by atoms with Gasteiger partial charge in [-0.05, 0) is 42.8 Å². The van der Waals surface area contributed by atoms with Crippen molar-refractivity contribution in [2.75, 3.05) is 5.73 Å². The highest BCUT2D eigenvalue weighted by Crippen LogP contribution is 2.30. The molecule has 22 heavy (non-hydrogen) atoms. The predicted molar refractivity (Wildman–Crippen MR) is 87.4 cm³/mol. The second-order valence-corrected chi connectivity index (χ2v) is 5.82. The number of benzene rings is 2. The molecule has 0 radical (unpaired) electrons. The average molecular weight is 314 g/mol. The molecule has 3 rings (SSSR count). The SMILES string of the molecule is Cc1csc(-c2ccc(OCc3cccc(F)c3)c(N)c2)n1. The fourth-order valence-corrected chi connectivity index (χ4v) is 2.88. The van der Waals surface area contributed by atoms with Crippen LogP contribution in [0.2, 0.25) is 0 Å². The van der Waals surface area contributed by atoms with Crippen LogP contribution in [0.5, 0.6) is 5.75 Å². The Kier molecular flexibility index (Phi) is 4.06. The van der Waals surface area contributed by atoms with Gasteiger partial charge >= 0.3 is 0 Å². The third-order valence-corrected chi connectivity index (χ3v) is 4.17. The smallest absolute Gasteiger partial charge is 0.142 e. The number of hydrogen-bond acceptors (Lipinski definition) is 4. The third-order valence-electron chi connectivity index (χ3n) is 3.16. The molecule has 0 fully saturated rings. The number of halogens is 1. The zero-order chi connectivity index (χ0) is 15.5. The molecule has 0 aliphatic rings. The number of nitrogen functional groups attached to an aromatic ring is 1. The largest absolute Gasteiger partial charge is 0.487 e. The Bertz CT molecular complexity index is 801. The van der Waals surface area contributed by atoms with Gasteiger partial charge in [0.05, 0.1) is 5.69 Å². The first-order valence-corrected chi connectivity index (χ1v) is 7.69. The lowest BCUT2D eigenvalue weighted by molar-refractivity contribution is 0.307. The Hall–Kier alpha value is -2.40. The summed E-state index contributed by atoms with van der Waals surface area (Å²) in [6.07, 6.45) is 0. The normalized spacial score (nSPS) is 10.6. The molecule has 2 N–H and O–H groups in total. The van der Waals surface area contributed by atoms with Gasteiger partial charge in [-0.1, -0.05) is 12.1 Å². The van der Waals surface area contributed by atoms with Gasteiger partial charge < -0.3 is 10.5 Å². The summed E-state index contributed by atoms with van der Waals surface area (Å²) in [5, 5.41) is 2.93. The average Bonchev–Trinajstić information content (AvgIpc) is 2.93. The van der Waals surface area contributed by atoms with Crippen molar-refractivity contribution in [1.82, 2.24) is 4.98 Å². The zero-order valence-electron chi connectivity index (χ0n) is 12.0. The van der Waals surface area contributed by atoms with Crippen molar-refractivity contribution < 1.29 is 9.13 Å². The summed E-state index contributed by atoms with van der Waals surface area (Å²) in [7, 11) is 0. The van der Waals surface area contributed by atoms with E-state index in [1.807, 2.05) is 36.6 Å². The summed E-state index contributed by atoms with van der Waals surface area (Å²) >= 11 is 1.58. The van der Waals surface area contributed by atoms with Gasteiger partial charge in [-0.2, -0.15) is 0 Å². The van der Waals surface area contributed by atoms with E-state index in [9.17, 15) is 4.39 Å². The van der Waals surface area contributed by atoms with Crippen LogP contribution in [-0.2, 0) is 6.61 Å². The van der Waals surface area contributed by atoms with E-state index in [2.05, 4.69) is 4.98 Å². The molecule has 0 unspecified atom stereocenters. The molecule has 0 spiro atoms. The molecular weight excluding hydrogens is 299 g/mol. The van der Waals surface area contributed by atoms with Crippen LogP contribution >= 0.6 is 11.3 Å². The van der Waals surface area contributed by atoms with Crippen LogP contribution in [0.1, 0.15) is 11.3 Å². The maximum absolute atomic E-state index is 13.1. The standard InChI is InChI=1S/C17H15FN2OS/c1-11-10-22-17(20-11)13-5-6-16(15(19)8-13)21-9-12-3-2-4-14(18)7-12/h2-8,10H,9,19H2,1H3. The van der Waals surface area contributed by atoms with Gasteiger partial charge in [-0.3, -0.25) is 0 Å². The number of aryl methyl sites for hydroxylation is 1. The number of hydrogen-bond donors (Lipinski definition) is 1. The number of anilines is 1. The fraction of sp³-hybridized carbons (Fsp3) is 0.118. The van der Waals surface area contributed by atoms with Crippen LogP contribution in [0.15, 0.2) is 47.8 Å². The molecule has 0 atom stereocenters. The Morgan fingerprint density at radius 2 is 2.09 bits per heavy atom. The number of nitrogens with zero attached hydrogens (tertiary/aromatic N) is 1. The molecule has 0 aliphatic heterocycles. The van der Waals surface area contributed by atoms with Gasteiger partial charge in [0.25, 0.3) is 0 Å². The van der Waals surface area contributed by atoms with Crippen LogP contribution in [0.25, 0.3) is 10.6 Å². The highest BCUT2D eigenvalue weighted by Gasteiger charge is 2.07. The van der Waals surface area contributed by atoms with E-state index >= 15 is 0 Å². The highest BCUT2D eigenvalue weighted by atomic mass is 32.1. The molecule has 2 aromatic carbocycles. The van der Waals surface area contributed by atoms with Crippen LogP contribution in [0.3, 0.4) is 0 Å². The summed E-state index contributed by atoms with van der Waals surface area (Å²) < 4.78 is 18.8. The van der Waals surface area contributed by atoms with Crippen molar-refractivity contribution in [2.45, 2.75) is 13.5 Å². The quantitative estimate of drug-likeness (QED) is 0.725. The Morgan fingerprint density at radius 1 is 1.23 bits per heavy atom. The minimum Gasteiger partial charge on any atom is -0.487 e. The van der Waals surface area contributed by atoms with Crippen molar-refractivity contribution in [3.63, 3.8) is 0 Å². The lowest BCUT2D eigenvalue weighted by Crippen LogP contribution is -1.99. The molecule has 0 bridgehead atoms. The number of ether oxygens (including phenoxy) is 1. The van der Waals surface area contributed by atoms with Crippen molar-refractivity contribution in [3.05, 3.63) is 64.9 Å². The monoisotopic (exact) mass is 314 g/mol. The van der Waals surface area contributed by atoms with E-state index in [-0.39, 0.29) is 12.4 Å². The lowest BCUT2D eigenvalue weighted by Gasteiger charge is -2.10. The lowest BCUT2D eigenvalue weighted by atomic mass is 10.2. The molecule has 0 saturated heterocycles. The summed E-state index contributed by atoms with van der Waals surface area (Å²) in [5.74, 6) is 0.310. The molecule has 1 heterocycles. The van der Waals surface area contributed by atoms with Crippen LogP contribution in [-0.4, -0.2) is 4.98 Å². The molecule has 0 aliphatic carbocycles. The summed E-state index contributed by atoms with van der Waals surface area (Å²) in [4.78, 5) is 4.44. The van der Waals surface area contributed by atoms with Crippen LogP contribution in [0.4, 0.5) is 10.1 Å². The molecule has 0 saturated carbocycles. The molecular formula is C17H15FN2OS. The van der Waals surface area contributed by atoms with Gasteiger partial charge in [0.2, 0.25) is 0 Å². The minimum atomic E-state index is -0.274. The molecule has 3 nitrogen and oxygen atoms in total. The summed E-state index contributed by atoms with van der Waals surface area (Å²) in [6.45, 7) is 2.23. The number of aromatic nitrogens is 1. The first-order valence-electron chi connectivity index (χ1n) is 6.81. The molecule has 1 aromatic heterocycles. The summed E-state index contributed by atoms with van der Waals surface area (Å²) in [5.41, 5.74) is 9.30. The minimum absolute atomic E-state index is 0.274. The number of rotatable bonds is 4. The van der Waals surface area contributed by atoms with Crippen molar-refractivity contribution in [3.8, 4) is 16.3 Å². The van der Waals surface area contributed by atoms with Crippen LogP contribution < -0.4 is 10.5 Å². The van der Waals surface area contributed by atoms with E-state index in [4.69, 9.17) is 10.5 Å². The topological polar surface area (TPSA) is 48.1 Å². The second-order valence-electron chi connectivity index (χ2n) is 4.97. The van der Waals surface area contributed by atoms with Gasteiger partial charge in [0.1, 0.15) is 23.2 Å². The van der Waals surface area contributed by atoms with Gasteiger partial charge in [-0.25, -0.2) is 9.37 Å². The Morgan fingerprint density at radius 3 is 2.77 bits per heavy atom. The third kappa shape index (κ3) is 3.26. The van der Waals surface area contributed by atoms with Crippen molar-refractivity contribution in [1.29, 1.82) is 0 Å². The van der Waals surface area contributed by atoms with E-state index in [0.717, 1.165) is 21.8 Å². The van der Waals surface area contributed by atoms with Crippen LogP contribution in [0, 0.1) is 12.7 Å². The van der Waals surface area contributed by atoms with E-state index < -0.39 is 0 Å². The van der Waals surface area contributed by atoms with Crippen molar-refractivity contribution in [2.24, 2.45) is 0 Å². The molecule has 5 heteroatoms. The maximum Gasteiger partial charge on any atom is 0.142 e. The highest BCUT2D eigenvalue weighted by molar-refractivity contribution is 7.13.